The van der Waals surface area contributed by atoms with Gasteiger partial charge in [0.2, 0.25) is 0 Å². The third kappa shape index (κ3) is 2.28. The number of hydrogen-bond donors (Lipinski definition) is 2. The normalized spacial score (nSPS) is 10.4. The van der Waals surface area contributed by atoms with Gasteiger partial charge in [-0.25, -0.2) is 9.78 Å². The van der Waals surface area contributed by atoms with Gasteiger partial charge in [0.15, 0.2) is 0 Å². The molecule has 2 rings (SSSR count). The number of imidazole rings is 1. The van der Waals surface area contributed by atoms with E-state index in [0.29, 0.717) is 6.42 Å². The van der Waals surface area contributed by atoms with Crippen molar-refractivity contribution in [3.8, 4) is 5.75 Å². The highest BCUT2D eigenvalue weighted by Crippen LogP contribution is 2.19. The molecule has 2 aromatic rings. The lowest BCUT2D eigenvalue weighted by molar-refractivity contribution is 0.0693. The quantitative estimate of drug-likeness (QED) is 0.839. The maximum Gasteiger partial charge on any atom is 0.339 e. The molecule has 17 heavy (non-hydrogen) atoms. The van der Waals surface area contributed by atoms with E-state index in [0.717, 1.165) is 11.4 Å². The van der Waals surface area contributed by atoms with Gasteiger partial charge in [-0.15, -0.1) is 0 Å². The molecule has 2 N–H and O–H groups in total. The molecular weight excluding hydrogens is 220 g/mol. The molecule has 0 radical (unpaired) electrons. The number of rotatable bonds is 3. The van der Waals surface area contributed by atoms with Crippen molar-refractivity contribution >= 4 is 5.97 Å². The second-order valence-electron chi connectivity index (χ2n) is 3.79. The molecule has 5 heteroatoms. The zero-order valence-corrected chi connectivity index (χ0v) is 9.29. The molecule has 0 saturated heterocycles. The maximum absolute atomic E-state index is 10.9. The molecule has 0 amide bonds. The predicted octanol–water partition coefficient (Wildman–Crippen LogP) is 1.41. The molecular formula is C12H12N2O3. The van der Waals surface area contributed by atoms with Gasteiger partial charge < -0.3 is 14.8 Å². The lowest BCUT2D eigenvalue weighted by atomic mass is 10.1. The second-order valence-corrected chi connectivity index (χ2v) is 3.79. The van der Waals surface area contributed by atoms with Crippen molar-refractivity contribution in [3.63, 3.8) is 0 Å². The number of nitrogens with zero attached hydrogens (tertiary/aromatic N) is 2. The smallest absolute Gasteiger partial charge is 0.339 e. The minimum Gasteiger partial charge on any atom is -0.507 e. The van der Waals surface area contributed by atoms with E-state index in [-0.39, 0.29) is 11.3 Å². The molecule has 5 nitrogen and oxygen atoms in total. The van der Waals surface area contributed by atoms with Gasteiger partial charge in [0.25, 0.3) is 0 Å². The summed E-state index contributed by atoms with van der Waals surface area (Å²) >= 11 is 0. The highest BCUT2D eigenvalue weighted by Gasteiger charge is 2.11. The van der Waals surface area contributed by atoms with E-state index in [2.05, 4.69) is 4.98 Å². The van der Waals surface area contributed by atoms with Crippen LogP contribution in [0, 0.1) is 0 Å². The number of carboxylic acids is 1. The summed E-state index contributed by atoms with van der Waals surface area (Å²) < 4.78 is 1.87. The number of aryl methyl sites for hydroxylation is 1. The first-order chi connectivity index (χ1) is 8.08. The van der Waals surface area contributed by atoms with Crippen molar-refractivity contribution in [2.75, 3.05) is 0 Å². The molecule has 0 atom stereocenters. The lowest BCUT2D eigenvalue weighted by Gasteiger charge is -2.05. The summed E-state index contributed by atoms with van der Waals surface area (Å²) in [6, 6.07) is 4.55. The van der Waals surface area contributed by atoms with Crippen molar-refractivity contribution in [2.24, 2.45) is 7.05 Å². The molecule has 0 aliphatic heterocycles. The Bertz CT molecular complexity index is 561. The first-order valence-corrected chi connectivity index (χ1v) is 5.09. The van der Waals surface area contributed by atoms with E-state index >= 15 is 0 Å². The third-order valence-corrected chi connectivity index (χ3v) is 2.57. The SMILES string of the molecule is Cn1ccnc1Cc1ccc(O)c(C(=O)O)c1. The Balaban J connectivity index is 2.32. The molecule has 88 valence electrons. The molecule has 0 aliphatic rings. The topological polar surface area (TPSA) is 75.3 Å². The van der Waals surface area contributed by atoms with Crippen LogP contribution in [0.15, 0.2) is 30.6 Å². The van der Waals surface area contributed by atoms with Crippen LogP contribution < -0.4 is 0 Å². The highest BCUT2D eigenvalue weighted by molar-refractivity contribution is 5.90. The van der Waals surface area contributed by atoms with Crippen molar-refractivity contribution in [1.82, 2.24) is 9.55 Å². The van der Waals surface area contributed by atoms with Gasteiger partial charge in [0.1, 0.15) is 17.1 Å². The van der Waals surface area contributed by atoms with E-state index < -0.39 is 5.97 Å². The highest BCUT2D eigenvalue weighted by atomic mass is 16.4. The average molecular weight is 232 g/mol. The van der Waals surface area contributed by atoms with Crippen LogP contribution >= 0.6 is 0 Å². The number of benzene rings is 1. The van der Waals surface area contributed by atoms with Crippen molar-refractivity contribution in [1.29, 1.82) is 0 Å². The summed E-state index contributed by atoms with van der Waals surface area (Å²) in [7, 11) is 1.88. The Hall–Kier alpha value is -2.30. The largest absolute Gasteiger partial charge is 0.507 e. The molecule has 0 aliphatic carbocycles. The molecule has 0 saturated carbocycles. The number of aromatic carboxylic acids is 1. The fraction of sp³-hybridized carbons (Fsp3) is 0.167. The summed E-state index contributed by atoms with van der Waals surface area (Å²) in [5, 5.41) is 18.3. The lowest BCUT2D eigenvalue weighted by Crippen LogP contribution is -2.01. The summed E-state index contributed by atoms with van der Waals surface area (Å²) in [4.78, 5) is 15.0. The molecule has 0 unspecified atom stereocenters. The van der Waals surface area contributed by atoms with E-state index in [4.69, 9.17) is 5.11 Å². The van der Waals surface area contributed by atoms with E-state index in [1.165, 1.54) is 12.1 Å². The van der Waals surface area contributed by atoms with Gasteiger partial charge in [-0.05, 0) is 17.7 Å². The van der Waals surface area contributed by atoms with Gasteiger partial charge >= 0.3 is 5.97 Å². The van der Waals surface area contributed by atoms with Crippen LogP contribution in [-0.2, 0) is 13.5 Å². The Kier molecular flexibility index (Phi) is 2.82. The molecule has 1 heterocycles. The number of aromatic nitrogens is 2. The van der Waals surface area contributed by atoms with Crippen LogP contribution in [0.25, 0.3) is 0 Å². The zero-order valence-electron chi connectivity index (χ0n) is 9.29. The predicted molar refractivity (Wildman–Crippen MR) is 61.1 cm³/mol. The van der Waals surface area contributed by atoms with E-state index in [1.54, 1.807) is 12.3 Å². The van der Waals surface area contributed by atoms with Crippen LogP contribution in [-0.4, -0.2) is 25.7 Å². The van der Waals surface area contributed by atoms with Crippen LogP contribution in [0.3, 0.4) is 0 Å². The molecule has 0 bridgehead atoms. The minimum absolute atomic E-state index is 0.0864. The molecule has 0 fully saturated rings. The standard InChI is InChI=1S/C12H12N2O3/c1-14-5-4-13-11(14)7-8-2-3-10(15)9(6-8)12(16)17/h2-6,15H,7H2,1H3,(H,16,17). The summed E-state index contributed by atoms with van der Waals surface area (Å²) in [6.45, 7) is 0. The average Bonchev–Trinajstić information content (AvgIpc) is 2.67. The van der Waals surface area contributed by atoms with E-state index in [9.17, 15) is 9.90 Å². The van der Waals surface area contributed by atoms with Gasteiger partial charge in [0.05, 0.1) is 0 Å². The van der Waals surface area contributed by atoms with Gasteiger partial charge in [0, 0.05) is 25.9 Å². The third-order valence-electron chi connectivity index (χ3n) is 2.57. The maximum atomic E-state index is 10.9. The summed E-state index contributed by atoms with van der Waals surface area (Å²) in [5.74, 6) is -0.516. The Morgan fingerprint density at radius 2 is 2.24 bits per heavy atom. The van der Waals surface area contributed by atoms with Crippen molar-refractivity contribution in [2.45, 2.75) is 6.42 Å². The second kappa shape index (κ2) is 4.29. The Labute approximate surface area is 98.0 Å². The Morgan fingerprint density at radius 1 is 1.47 bits per heavy atom. The number of carboxylic acid groups (broad SMARTS) is 1. The van der Waals surface area contributed by atoms with Crippen LogP contribution in [0.1, 0.15) is 21.7 Å². The molecule has 1 aromatic carbocycles. The number of phenols is 1. The first kappa shape index (κ1) is 11.2. The van der Waals surface area contributed by atoms with Crippen molar-refractivity contribution < 1.29 is 15.0 Å². The number of aromatic hydroxyl groups is 1. The first-order valence-electron chi connectivity index (χ1n) is 5.09. The van der Waals surface area contributed by atoms with Gasteiger partial charge in [-0.2, -0.15) is 0 Å². The monoisotopic (exact) mass is 232 g/mol. The minimum atomic E-state index is -1.14. The number of carbonyl (C=O) groups is 1. The zero-order chi connectivity index (χ0) is 12.4. The summed E-state index contributed by atoms with van der Waals surface area (Å²) in [6.07, 6.45) is 4.05. The fourth-order valence-corrected chi connectivity index (χ4v) is 1.61. The van der Waals surface area contributed by atoms with Gasteiger partial charge in [-0.3, -0.25) is 0 Å². The van der Waals surface area contributed by atoms with E-state index in [1.807, 2.05) is 17.8 Å². The molecule has 0 spiro atoms. The van der Waals surface area contributed by atoms with Gasteiger partial charge in [-0.1, -0.05) is 6.07 Å². The summed E-state index contributed by atoms with van der Waals surface area (Å²) in [5.41, 5.74) is 0.714. The fourth-order valence-electron chi connectivity index (χ4n) is 1.61. The van der Waals surface area contributed by atoms with Crippen LogP contribution in [0.4, 0.5) is 0 Å². The van der Waals surface area contributed by atoms with Crippen LogP contribution in [0.2, 0.25) is 0 Å². The molecule has 1 aromatic heterocycles. The van der Waals surface area contributed by atoms with Crippen molar-refractivity contribution in [3.05, 3.63) is 47.5 Å². The number of hydrogen-bond acceptors (Lipinski definition) is 3. The Morgan fingerprint density at radius 3 is 2.82 bits per heavy atom. The van der Waals surface area contributed by atoms with Crippen LogP contribution in [0.5, 0.6) is 5.75 Å².